The van der Waals surface area contributed by atoms with Crippen molar-refractivity contribution in [1.82, 2.24) is 14.9 Å². The number of aryl methyl sites for hydroxylation is 2. The highest BCUT2D eigenvalue weighted by Gasteiger charge is 2.27. The monoisotopic (exact) mass is 417 g/mol. The number of fused-ring (bicyclic) bond motifs is 1. The number of ether oxygens (including phenoxy) is 3. The maximum Gasteiger partial charge on any atom is 0.257 e. The van der Waals surface area contributed by atoms with Gasteiger partial charge in [0, 0.05) is 41.4 Å². The second kappa shape index (κ2) is 10.2. The molecule has 2 aliphatic rings. The summed E-state index contributed by atoms with van der Waals surface area (Å²) in [6.07, 6.45) is 3.47. The Morgan fingerprint density at radius 3 is 2.52 bits per heavy atom. The fourth-order valence-corrected chi connectivity index (χ4v) is 4.26. The molecule has 0 aromatic carbocycles. The van der Waals surface area contributed by atoms with E-state index in [-0.39, 0.29) is 0 Å². The van der Waals surface area contributed by atoms with Crippen molar-refractivity contribution in [3.8, 4) is 17.4 Å². The van der Waals surface area contributed by atoms with Gasteiger partial charge in [-0.05, 0) is 52.1 Å². The van der Waals surface area contributed by atoms with Crippen LogP contribution in [0.5, 0.6) is 17.4 Å². The van der Waals surface area contributed by atoms with E-state index < -0.39 is 0 Å². The van der Waals surface area contributed by atoms with Gasteiger partial charge >= 0.3 is 0 Å². The van der Waals surface area contributed by atoms with Crippen molar-refractivity contribution < 1.29 is 14.2 Å². The third kappa shape index (κ3) is 5.76. The van der Waals surface area contributed by atoms with Gasteiger partial charge in [0.2, 0.25) is 0 Å². The van der Waals surface area contributed by atoms with Crippen molar-refractivity contribution in [2.24, 2.45) is 0 Å². The lowest BCUT2D eigenvalue weighted by atomic mass is 10.2. The molecule has 2 atom stereocenters. The molecule has 29 heavy (non-hydrogen) atoms. The summed E-state index contributed by atoms with van der Waals surface area (Å²) in [6.45, 7) is 9.65. The van der Waals surface area contributed by atoms with Gasteiger partial charge in [-0.25, -0.2) is 4.98 Å². The van der Waals surface area contributed by atoms with Gasteiger partial charge in [-0.3, -0.25) is 9.88 Å². The minimum absolute atomic E-state index is 0.341. The van der Waals surface area contributed by atoms with Crippen molar-refractivity contribution in [3.05, 3.63) is 41.3 Å². The van der Waals surface area contributed by atoms with E-state index in [4.69, 9.17) is 14.2 Å². The van der Waals surface area contributed by atoms with Gasteiger partial charge in [-0.15, -0.1) is 0 Å². The largest absolute Gasteiger partial charge is 0.497 e. The van der Waals surface area contributed by atoms with Crippen molar-refractivity contribution in [2.45, 2.75) is 38.5 Å². The third-order valence-electron chi connectivity index (χ3n) is 5.20. The number of rotatable bonds is 4. The first kappa shape index (κ1) is 21.7. The van der Waals surface area contributed by atoms with Gasteiger partial charge < -0.3 is 14.2 Å². The van der Waals surface area contributed by atoms with E-state index in [0.717, 1.165) is 46.9 Å². The van der Waals surface area contributed by atoms with E-state index in [0.29, 0.717) is 25.1 Å². The highest BCUT2D eigenvalue weighted by atomic mass is 32.2. The van der Waals surface area contributed by atoms with Crippen LogP contribution in [-0.2, 0) is 0 Å². The predicted octanol–water partition coefficient (Wildman–Crippen LogP) is 4.06. The van der Waals surface area contributed by atoms with Crippen LogP contribution >= 0.6 is 11.8 Å². The zero-order valence-electron chi connectivity index (χ0n) is 18.0. The number of hydrogen-bond acceptors (Lipinski definition) is 7. The summed E-state index contributed by atoms with van der Waals surface area (Å²) < 4.78 is 16.1. The van der Waals surface area contributed by atoms with E-state index in [1.807, 2.05) is 43.8 Å². The number of aromatic nitrogens is 2. The smallest absolute Gasteiger partial charge is 0.257 e. The molecule has 2 aliphatic heterocycles. The molecule has 0 N–H and O–H groups in total. The fraction of sp³-hybridized carbons (Fsp3) is 0.545. The van der Waals surface area contributed by atoms with Crippen LogP contribution in [0.4, 0.5) is 0 Å². The first-order valence-electron chi connectivity index (χ1n) is 10.0. The summed E-state index contributed by atoms with van der Waals surface area (Å²) in [7, 11) is 1.66. The van der Waals surface area contributed by atoms with Crippen LogP contribution in [0.1, 0.15) is 36.5 Å². The highest BCUT2D eigenvalue weighted by Crippen LogP contribution is 2.32. The van der Waals surface area contributed by atoms with Crippen LogP contribution < -0.4 is 14.2 Å². The Kier molecular flexibility index (Phi) is 7.61. The summed E-state index contributed by atoms with van der Waals surface area (Å²) in [5.74, 6) is 2.30. The Labute approximate surface area is 178 Å². The molecule has 4 rings (SSSR count). The first-order valence-corrected chi connectivity index (χ1v) is 11.3. The third-order valence-corrected chi connectivity index (χ3v) is 6.25. The molecule has 2 aromatic rings. The van der Waals surface area contributed by atoms with Gasteiger partial charge in [0.1, 0.15) is 19.0 Å². The predicted molar refractivity (Wildman–Crippen MR) is 117 cm³/mol. The van der Waals surface area contributed by atoms with Crippen LogP contribution in [0.15, 0.2) is 24.3 Å². The number of thioether (sulfide) groups is 1. The van der Waals surface area contributed by atoms with Crippen LogP contribution in [0.3, 0.4) is 0 Å². The average Bonchev–Trinajstić information content (AvgIpc) is 3.22. The number of likely N-dealkylation sites (tertiary alicyclic amines) is 1. The van der Waals surface area contributed by atoms with Crippen molar-refractivity contribution >= 4 is 11.8 Å². The summed E-state index contributed by atoms with van der Waals surface area (Å²) in [4.78, 5) is 11.3. The van der Waals surface area contributed by atoms with Crippen molar-refractivity contribution in [2.75, 3.05) is 39.7 Å². The molecular weight excluding hydrogens is 386 g/mol. The van der Waals surface area contributed by atoms with E-state index in [1.54, 1.807) is 7.11 Å². The average molecular weight is 418 g/mol. The SMILES string of the molecule is COc1cc(C)nc(C)c1.CSC1CCN(C(C)c2ccc3c(n2)OCCO3)C1. The molecule has 158 valence electrons. The number of nitrogens with zero attached hydrogens (tertiary/aromatic N) is 3. The van der Waals surface area contributed by atoms with Crippen LogP contribution in [0, 0.1) is 13.8 Å². The minimum atomic E-state index is 0.341. The lowest BCUT2D eigenvalue weighted by Crippen LogP contribution is -2.26. The second-order valence-corrected chi connectivity index (χ2v) is 8.48. The molecule has 7 heteroatoms. The molecule has 1 saturated heterocycles. The highest BCUT2D eigenvalue weighted by molar-refractivity contribution is 7.99. The molecule has 0 amide bonds. The summed E-state index contributed by atoms with van der Waals surface area (Å²) in [5, 5.41) is 0.764. The fourth-order valence-electron chi connectivity index (χ4n) is 3.58. The minimum Gasteiger partial charge on any atom is -0.497 e. The van der Waals surface area contributed by atoms with E-state index >= 15 is 0 Å². The molecule has 0 aliphatic carbocycles. The molecular formula is C22H31N3O3S. The van der Waals surface area contributed by atoms with Crippen LogP contribution in [0.25, 0.3) is 0 Å². The Hall–Kier alpha value is -1.99. The zero-order valence-corrected chi connectivity index (χ0v) is 18.8. The summed E-state index contributed by atoms with van der Waals surface area (Å²) in [5.41, 5.74) is 3.07. The van der Waals surface area contributed by atoms with Gasteiger partial charge in [-0.1, -0.05) is 0 Å². The lowest BCUT2D eigenvalue weighted by Gasteiger charge is -2.25. The molecule has 4 heterocycles. The normalized spacial score (nSPS) is 19.3. The lowest BCUT2D eigenvalue weighted by molar-refractivity contribution is 0.162. The molecule has 1 fully saturated rings. The Bertz CT molecular complexity index is 798. The molecule has 0 saturated carbocycles. The first-order chi connectivity index (χ1) is 14.0. The maximum absolute atomic E-state index is 5.56. The zero-order chi connectivity index (χ0) is 20.8. The Morgan fingerprint density at radius 1 is 1.14 bits per heavy atom. The van der Waals surface area contributed by atoms with E-state index in [1.165, 1.54) is 6.42 Å². The van der Waals surface area contributed by atoms with E-state index in [2.05, 4.69) is 34.1 Å². The molecule has 2 aromatic heterocycles. The van der Waals surface area contributed by atoms with Gasteiger partial charge in [0.25, 0.3) is 5.88 Å². The quantitative estimate of drug-likeness (QED) is 0.743. The summed E-state index contributed by atoms with van der Waals surface area (Å²) >= 11 is 1.96. The van der Waals surface area contributed by atoms with Gasteiger partial charge in [-0.2, -0.15) is 11.8 Å². The van der Waals surface area contributed by atoms with Crippen molar-refractivity contribution in [3.63, 3.8) is 0 Å². The molecule has 6 nitrogen and oxygen atoms in total. The molecule has 0 radical (unpaired) electrons. The van der Waals surface area contributed by atoms with E-state index in [9.17, 15) is 0 Å². The number of pyridine rings is 2. The van der Waals surface area contributed by atoms with Crippen molar-refractivity contribution in [1.29, 1.82) is 0 Å². The van der Waals surface area contributed by atoms with Crippen LogP contribution in [-0.4, -0.2) is 59.8 Å². The standard InChI is InChI=1S/C14H20N2O2S.C8H11NO/c1-10(16-6-5-11(9-16)19-2)12-3-4-13-14(15-12)18-8-7-17-13;1-6-4-8(10-3)5-7(2)9-6/h3-4,10-11H,5-9H2,1-2H3;4-5H,1-3H3. The number of methoxy groups -OCH3 is 1. The van der Waals surface area contributed by atoms with Gasteiger partial charge in [0.05, 0.1) is 12.8 Å². The maximum atomic E-state index is 5.56. The Balaban J connectivity index is 0.000000204. The molecule has 0 spiro atoms. The molecule has 0 bridgehead atoms. The van der Waals surface area contributed by atoms with Gasteiger partial charge in [0.15, 0.2) is 5.75 Å². The Morgan fingerprint density at radius 2 is 1.86 bits per heavy atom. The second-order valence-electron chi connectivity index (χ2n) is 7.34. The number of hydrogen-bond donors (Lipinski definition) is 0. The molecule has 2 unspecified atom stereocenters. The van der Waals surface area contributed by atoms with Crippen LogP contribution in [0.2, 0.25) is 0 Å². The summed E-state index contributed by atoms with van der Waals surface area (Å²) in [6, 6.07) is 8.20. The topological polar surface area (TPSA) is 56.7 Å².